The molecule has 3 rings (SSSR count). The molecule has 1 aromatic heterocycles. The lowest BCUT2D eigenvalue weighted by atomic mass is 10.1. The van der Waals surface area contributed by atoms with E-state index in [0.717, 1.165) is 4.47 Å². The standard InChI is InChI=1S/C21H14BrN3O5/c1-29-20-11-16(25(27)28)5-7-18(20)19-8-6-17(30-19)9-13(12-23)21(26)24-15-4-2-3-14(22)10-15/h2-11H,1H3,(H,24,26)/b13-9-. The van der Waals surface area contributed by atoms with Gasteiger partial charge in [0.1, 0.15) is 28.9 Å². The SMILES string of the molecule is COc1cc([N+](=O)[O-])ccc1-c1ccc(/C=C(/C#N)C(=O)Nc2cccc(Br)c2)o1. The number of non-ortho nitro benzene ring substituents is 1. The van der Waals surface area contributed by atoms with E-state index in [2.05, 4.69) is 21.2 Å². The number of carbonyl (C=O) groups excluding carboxylic acids is 1. The number of nitro groups is 1. The average molecular weight is 468 g/mol. The van der Waals surface area contributed by atoms with E-state index in [1.807, 2.05) is 12.1 Å². The normalized spacial score (nSPS) is 10.9. The number of methoxy groups -OCH3 is 1. The number of halogens is 1. The fourth-order valence-corrected chi connectivity index (χ4v) is 3.03. The number of amides is 1. The van der Waals surface area contributed by atoms with Crippen LogP contribution in [0.25, 0.3) is 17.4 Å². The monoisotopic (exact) mass is 467 g/mol. The van der Waals surface area contributed by atoms with Gasteiger partial charge in [-0.1, -0.05) is 22.0 Å². The fraction of sp³-hybridized carbons (Fsp3) is 0.0476. The molecule has 0 unspecified atom stereocenters. The minimum Gasteiger partial charge on any atom is -0.496 e. The first-order valence-corrected chi connectivity index (χ1v) is 9.32. The molecule has 3 aromatic rings. The van der Waals surface area contributed by atoms with Crippen molar-refractivity contribution >= 4 is 39.3 Å². The molecule has 0 bridgehead atoms. The minimum absolute atomic E-state index is 0.113. The third-order valence-corrected chi connectivity index (χ3v) is 4.52. The van der Waals surface area contributed by atoms with E-state index in [9.17, 15) is 20.2 Å². The molecule has 0 atom stereocenters. The third kappa shape index (κ3) is 4.74. The van der Waals surface area contributed by atoms with Gasteiger partial charge in [0.2, 0.25) is 0 Å². The number of rotatable bonds is 6. The Kier molecular flexibility index (Phi) is 6.29. The number of nitriles is 1. The van der Waals surface area contributed by atoms with E-state index in [0.29, 0.717) is 17.0 Å². The number of carbonyl (C=O) groups is 1. The Balaban J connectivity index is 1.86. The summed E-state index contributed by atoms with van der Waals surface area (Å²) in [7, 11) is 1.40. The highest BCUT2D eigenvalue weighted by Gasteiger charge is 2.16. The molecule has 9 heteroatoms. The van der Waals surface area contributed by atoms with Crippen molar-refractivity contribution in [2.75, 3.05) is 12.4 Å². The molecule has 0 saturated heterocycles. The lowest BCUT2D eigenvalue weighted by Gasteiger charge is -2.06. The number of anilines is 1. The Bertz CT molecular complexity index is 1190. The van der Waals surface area contributed by atoms with Crippen molar-refractivity contribution in [3.63, 3.8) is 0 Å². The van der Waals surface area contributed by atoms with Gasteiger partial charge in [-0.2, -0.15) is 5.26 Å². The Labute approximate surface area is 179 Å². The summed E-state index contributed by atoms with van der Waals surface area (Å²) in [6.45, 7) is 0. The number of ether oxygens (including phenoxy) is 1. The molecule has 0 saturated carbocycles. The zero-order valence-electron chi connectivity index (χ0n) is 15.6. The molecule has 1 heterocycles. The molecule has 0 spiro atoms. The second kappa shape index (κ2) is 9.07. The van der Waals surface area contributed by atoms with E-state index in [-0.39, 0.29) is 22.8 Å². The van der Waals surface area contributed by atoms with Crippen LogP contribution in [0.15, 0.2) is 69.1 Å². The van der Waals surface area contributed by atoms with Crippen LogP contribution in [0.1, 0.15) is 5.76 Å². The Morgan fingerprint density at radius 3 is 2.73 bits per heavy atom. The van der Waals surface area contributed by atoms with Gasteiger partial charge in [0.25, 0.3) is 11.6 Å². The number of nitro benzene ring substituents is 1. The van der Waals surface area contributed by atoms with E-state index < -0.39 is 10.8 Å². The molecule has 0 aliphatic carbocycles. The highest BCUT2D eigenvalue weighted by atomic mass is 79.9. The summed E-state index contributed by atoms with van der Waals surface area (Å²) in [6, 6.07) is 16.2. The van der Waals surface area contributed by atoms with Crippen LogP contribution in [0.4, 0.5) is 11.4 Å². The van der Waals surface area contributed by atoms with Crippen molar-refractivity contribution in [2.45, 2.75) is 0 Å². The van der Waals surface area contributed by atoms with Crippen LogP contribution in [0.3, 0.4) is 0 Å². The van der Waals surface area contributed by atoms with Gasteiger partial charge in [0.05, 0.1) is 23.7 Å². The Morgan fingerprint density at radius 1 is 1.27 bits per heavy atom. The zero-order valence-corrected chi connectivity index (χ0v) is 17.2. The van der Waals surface area contributed by atoms with Crippen LogP contribution < -0.4 is 10.1 Å². The first-order chi connectivity index (χ1) is 14.4. The molecular formula is C21H14BrN3O5. The van der Waals surface area contributed by atoms with Crippen molar-refractivity contribution < 1.29 is 18.9 Å². The largest absolute Gasteiger partial charge is 0.496 e. The summed E-state index contributed by atoms with van der Waals surface area (Å²) in [6.07, 6.45) is 1.31. The molecule has 0 aliphatic heterocycles. The van der Waals surface area contributed by atoms with Crippen molar-refractivity contribution in [2.24, 2.45) is 0 Å². The van der Waals surface area contributed by atoms with Gasteiger partial charge in [0, 0.05) is 22.3 Å². The predicted octanol–water partition coefficient (Wildman–Crippen LogP) is 5.17. The van der Waals surface area contributed by atoms with E-state index in [1.54, 1.807) is 30.3 Å². The maximum atomic E-state index is 12.4. The number of hydrogen-bond donors (Lipinski definition) is 1. The zero-order chi connectivity index (χ0) is 21.7. The van der Waals surface area contributed by atoms with Crippen LogP contribution >= 0.6 is 15.9 Å². The van der Waals surface area contributed by atoms with Crippen LogP contribution in [-0.4, -0.2) is 17.9 Å². The third-order valence-electron chi connectivity index (χ3n) is 4.02. The molecule has 0 fully saturated rings. The van der Waals surface area contributed by atoms with Gasteiger partial charge in [-0.15, -0.1) is 0 Å². The summed E-state index contributed by atoms with van der Waals surface area (Å²) < 4.78 is 11.7. The maximum absolute atomic E-state index is 12.4. The van der Waals surface area contributed by atoms with Crippen molar-refractivity contribution in [3.05, 3.63) is 80.5 Å². The molecule has 2 aromatic carbocycles. The average Bonchev–Trinajstić information content (AvgIpc) is 3.19. The summed E-state index contributed by atoms with van der Waals surface area (Å²) >= 11 is 3.32. The minimum atomic E-state index is -0.582. The number of hydrogen-bond acceptors (Lipinski definition) is 6. The summed E-state index contributed by atoms with van der Waals surface area (Å²) in [5, 5.41) is 22.9. The van der Waals surface area contributed by atoms with E-state index in [1.165, 1.54) is 31.4 Å². The highest BCUT2D eigenvalue weighted by Crippen LogP contribution is 2.34. The number of benzene rings is 2. The molecule has 1 amide bonds. The lowest BCUT2D eigenvalue weighted by Crippen LogP contribution is -2.13. The molecule has 30 heavy (non-hydrogen) atoms. The van der Waals surface area contributed by atoms with Crippen molar-refractivity contribution in [3.8, 4) is 23.1 Å². The Morgan fingerprint density at radius 2 is 2.07 bits per heavy atom. The van der Waals surface area contributed by atoms with Crippen LogP contribution in [0, 0.1) is 21.4 Å². The predicted molar refractivity (Wildman–Crippen MR) is 114 cm³/mol. The number of nitrogens with one attached hydrogen (secondary N) is 1. The highest BCUT2D eigenvalue weighted by molar-refractivity contribution is 9.10. The number of nitrogens with zero attached hydrogens (tertiary/aromatic N) is 2. The van der Waals surface area contributed by atoms with Gasteiger partial charge in [-0.3, -0.25) is 14.9 Å². The molecule has 150 valence electrons. The van der Waals surface area contributed by atoms with Gasteiger partial charge < -0.3 is 14.5 Å². The quantitative estimate of drug-likeness (QED) is 0.231. The lowest BCUT2D eigenvalue weighted by molar-refractivity contribution is -0.384. The van der Waals surface area contributed by atoms with Crippen LogP contribution in [0.2, 0.25) is 0 Å². The van der Waals surface area contributed by atoms with E-state index >= 15 is 0 Å². The van der Waals surface area contributed by atoms with E-state index in [4.69, 9.17) is 9.15 Å². The second-order valence-electron chi connectivity index (χ2n) is 5.98. The van der Waals surface area contributed by atoms with Crippen LogP contribution in [0.5, 0.6) is 5.75 Å². The second-order valence-corrected chi connectivity index (χ2v) is 6.89. The molecule has 1 N–H and O–H groups in total. The fourth-order valence-electron chi connectivity index (χ4n) is 2.63. The number of furan rings is 1. The molecular weight excluding hydrogens is 454 g/mol. The van der Waals surface area contributed by atoms with Crippen molar-refractivity contribution in [1.29, 1.82) is 5.26 Å². The molecule has 0 radical (unpaired) electrons. The van der Waals surface area contributed by atoms with Gasteiger partial charge in [-0.05, 0) is 36.4 Å². The topological polar surface area (TPSA) is 118 Å². The first-order valence-electron chi connectivity index (χ1n) is 8.52. The molecule has 0 aliphatic rings. The maximum Gasteiger partial charge on any atom is 0.273 e. The molecule has 8 nitrogen and oxygen atoms in total. The smallest absolute Gasteiger partial charge is 0.273 e. The van der Waals surface area contributed by atoms with Crippen molar-refractivity contribution in [1.82, 2.24) is 0 Å². The first kappa shape index (κ1) is 20.8. The van der Waals surface area contributed by atoms with Crippen LogP contribution in [-0.2, 0) is 4.79 Å². The summed E-state index contributed by atoms with van der Waals surface area (Å²) in [5.74, 6) is 0.326. The summed E-state index contributed by atoms with van der Waals surface area (Å²) in [4.78, 5) is 22.8. The van der Waals surface area contributed by atoms with Gasteiger partial charge >= 0.3 is 0 Å². The summed E-state index contributed by atoms with van der Waals surface area (Å²) in [5.41, 5.74) is 0.774. The Hall–Kier alpha value is -3.90. The van der Waals surface area contributed by atoms with Gasteiger partial charge in [-0.25, -0.2) is 0 Å². The van der Waals surface area contributed by atoms with Gasteiger partial charge in [0.15, 0.2) is 0 Å².